The van der Waals surface area contributed by atoms with Gasteiger partial charge in [-0.05, 0) is 12.1 Å². The Morgan fingerprint density at radius 3 is 2.44 bits per heavy atom. The number of aromatic nitrogens is 2. The third kappa shape index (κ3) is 2.11. The summed E-state index contributed by atoms with van der Waals surface area (Å²) in [5.41, 5.74) is 0.172. The summed E-state index contributed by atoms with van der Waals surface area (Å²) >= 11 is 11.5. The Hall–Kier alpha value is -1.45. The number of nitrogens with zero attached hydrogens (tertiary/aromatic N) is 3. The van der Waals surface area contributed by atoms with Crippen LogP contribution in [-0.2, 0) is 12.7 Å². The minimum atomic E-state index is -4.64. The molecule has 1 aromatic heterocycles. The predicted octanol–water partition coefficient (Wildman–Crippen LogP) is 3.89. The van der Waals surface area contributed by atoms with Crippen molar-refractivity contribution in [1.29, 1.82) is 5.26 Å². The molecule has 18 heavy (non-hydrogen) atoms. The first-order valence-corrected chi connectivity index (χ1v) is 5.39. The number of rotatable bonds is 1. The first-order valence-electron chi connectivity index (χ1n) is 4.64. The van der Waals surface area contributed by atoms with Crippen LogP contribution in [0.3, 0.4) is 0 Å². The van der Waals surface area contributed by atoms with E-state index in [2.05, 4.69) is 4.98 Å². The van der Waals surface area contributed by atoms with Crippen LogP contribution in [-0.4, -0.2) is 9.55 Å². The average molecular weight is 294 g/mol. The second kappa shape index (κ2) is 4.34. The van der Waals surface area contributed by atoms with Crippen LogP contribution in [0.25, 0.3) is 11.0 Å². The summed E-state index contributed by atoms with van der Waals surface area (Å²) < 4.78 is 39.0. The van der Waals surface area contributed by atoms with Gasteiger partial charge in [0.15, 0.2) is 0 Å². The highest BCUT2D eigenvalue weighted by Gasteiger charge is 2.37. The molecule has 0 bridgehead atoms. The Morgan fingerprint density at radius 2 is 1.89 bits per heavy atom. The average Bonchev–Trinajstić information content (AvgIpc) is 2.58. The highest BCUT2D eigenvalue weighted by Crippen LogP contribution is 2.34. The monoisotopic (exact) mass is 293 g/mol. The maximum absolute atomic E-state index is 12.8. The van der Waals surface area contributed by atoms with Crippen molar-refractivity contribution in [2.75, 3.05) is 0 Å². The molecule has 0 radical (unpaired) electrons. The first kappa shape index (κ1) is 13.0. The molecule has 0 unspecified atom stereocenters. The summed E-state index contributed by atoms with van der Waals surface area (Å²) in [6, 6.07) is 4.16. The van der Waals surface area contributed by atoms with Crippen LogP contribution in [0.2, 0.25) is 10.0 Å². The van der Waals surface area contributed by atoms with E-state index in [9.17, 15) is 13.2 Å². The third-order valence-corrected chi connectivity index (χ3v) is 2.99. The number of hydrogen-bond acceptors (Lipinski definition) is 2. The van der Waals surface area contributed by atoms with Crippen molar-refractivity contribution in [3.63, 3.8) is 0 Å². The highest BCUT2D eigenvalue weighted by molar-refractivity contribution is 6.42. The minimum Gasteiger partial charge on any atom is -0.306 e. The molecule has 0 aliphatic heterocycles. The fourth-order valence-corrected chi connectivity index (χ4v) is 1.88. The normalized spacial score (nSPS) is 11.8. The Balaban J connectivity index is 2.80. The second-order valence-electron chi connectivity index (χ2n) is 3.43. The van der Waals surface area contributed by atoms with E-state index in [1.165, 1.54) is 12.1 Å². The number of halogens is 5. The number of nitriles is 1. The van der Waals surface area contributed by atoms with Crippen molar-refractivity contribution in [3.8, 4) is 6.07 Å². The van der Waals surface area contributed by atoms with Crippen LogP contribution in [0, 0.1) is 11.3 Å². The van der Waals surface area contributed by atoms with E-state index < -0.39 is 18.5 Å². The molecular formula is C10H4Cl2F3N3. The molecule has 0 spiro atoms. The summed E-state index contributed by atoms with van der Waals surface area (Å²) in [4.78, 5) is 3.45. The van der Waals surface area contributed by atoms with E-state index in [-0.39, 0.29) is 21.1 Å². The molecule has 2 aromatic rings. The smallest absolute Gasteiger partial charge is 0.306 e. The minimum absolute atomic E-state index is 0.0481. The van der Waals surface area contributed by atoms with Gasteiger partial charge >= 0.3 is 6.18 Å². The topological polar surface area (TPSA) is 41.6 Å². The van der Waals surface area contributed by atoms with Gasteiger partial charge in [-0.3, -0.25) is 0 Å². The van der Waals surface area contributed by atoms with E-state index >= 15 is 0 Å². The van der Waals surface area contributed by atoms with Gasteiger partial charge in [-0.15, -0.1) is 0 Å². The molecule has 0 N–H and O–H groups in total. The Morgan fingerprint density at radius 1 is 1.28 bits per heavy atom. The maximum atomic E-state index is 12.8. The van der Waals surface area contributed by atoms with Crippen molar-refractivity contribution in [1.82, 2.24) is 9.55 Å². The van der Waals surface area contributed by atoms with Crippen LogP contribution in [0.4, 0.5) is 13.2 Å². The van der Waals surface area contributed by atoms with Crippen molar-refractivity contribution in [2.24, 2.45) is 0 Å². The fraction of sp³-hybridized carbons (Fsp3) is 0.200. The maximum Gasteiger partial charge on any atom is 0.449 e. The lowest BCUT2D eigenvalue weighted by Crippen LogP contribution is -2.14. The predicted molar refractivity (Wildman–Crippen MR) is 60.4 cm³/mol. The van der Waals surface area contributed by atoms with Crippen molar-refractivity contribution < 1.29 is 13.2 Å². The molecule has 8 heteroatoms. The molecule has 94 valence electrons. The van der Waals surface area contributed by atoms with E-state index in [4.69, 9.17) is 28.5 Å². The lowest BCUT2D eigenvalue weighted by molar-refractivity contribution is -0.146. The molecule has 0 saturated heterocycles. The van der Waals surface area contributed by atoms with E-state index in [0.29, 0.717) is 0 Å². The van der Waals surface area contributed by atoms with Crippen molar-refractivity contribution >= 4 is 34.2 Å². The van der Waals surface area contributed by atoms with E-state index in [1.807, 2.05) is 0 Å². The number of alkyl halides is 3. The van der Waals surface area contributed by atoms with Gasteiger partial charge in [-0.25, -0.2) is 4.98 Å². The number of benzene rings is 1. The largest absolute Gasteiger partial charge is 0.449 e. The molecule has 0 aliphatic rings. The van der Waals surface area contributed by atoms with Crippen LogP contribution in [0.15, 0.2) is 12.1 Å². The first-order chi connectivity index (χ1) is 8.34. The van der Waals surface area contributed by atoms with Crippen LogP contribution in [0.5, 0.6) is 0 Å². The van der Waals surface area contributed by atoms with E-state index in [0.717, 1.165) is 4.57 Å². The summed E-state index contributed by atoms with van der Waals surface area (Å²) in [6.45, 7) is -0.469. The molecule has 0 fully saturated rings. The Kier molecular flexibility index (Phi) is 3.13. The molecule has 0 saturated carbocycles. The fourth-order valence-electron chi connectivity index (χ4n) is 1.57. The SMILES string of the molecule is N#CCn1c(C(F)(F)F)nc2cc(Cl)c(Cl)cc21. The summed E-state index contributed by atoms with van der Waals surface area (Å²) in [5, 5.41) is 8.81. The summed E-state index contributed by atoms with van der Waals surface area (Å²) in [5.74, 6) is -1.14. The van der Waals surface area contributed by atoms with Gasteiger partial charge in [0.1, 0.15) is 6.54 Å². The van der Waals surface area contributed by atoms with Gasteiger partial charge in [0.2, 0.25) is 5.82 Å². The molecule has 3 nitrogen and oxygen atoms in total. The summed E-state index contributed by atoms with van der Waals surface area (Å²) in [7, 11) is 0. The van der Waals surface area contributed by atoms with Gasteiger partial charge in [0, 0.05) is 0 Å². The van der Waals surface area contributed by atoms with Crippen LogP contribution < -0.4 is 0 Å². The quantitative estimate of drug-likeness (QED) is 0.800. The molecule has 0 aliphatic carbocycles. The Bertz CT molecular complexity index is 655. The zero-order valence-corrected chi connectivity index (χ0v) is 10.1. The molecular weight excluding hydrogens is 290 g/mol. The van der Waals surface area contributed by atoms with Gasteiger partial charge < -0.3 is 4.57 Å². The van der Waals surface area contributed by atoms with E-state index in [1.54, 1.807) is 6.07 Å². The van der Waals surface area contributed by atoms with Crippen molar-refractivity contribution in [2.45, 2.75) is 12.7 Å². The zero-order chi connectivity index (χ0) is 13.5. The second-order valence-corrected chi connectivity index (χ2v) is 4.25. The van der Waals surface area contributed by atoms with Gasteiger partial charge in [-0.2, -0.15) is 18.4 Å². The van der Waals surface area contributed by atoms with Gasteiger partial charge in [0.05, 0.1) is 27.1 Å². The lowest BCUT2D eigenvalue weighted by Gasteiger charge is -2.07. The Labute approximate surface area is 109 Å². The van der Waals surface area contributed by atoms with Gasteiger partial charge in [-0.1, -0.05) is 23.2 Å². The van der Waals surface area contributed by atoms with Gasteiger partial charge in [0.25, 0.3) is 0 Å². The molecule has 2 rings (SSSR count). The number of hydrogen-bond donors (Lipinski definition) is 0. The number of imidazole rings is 1. The lowest BCUT2D eigenvalue weighted by atomic mass is 10.3. The highest BCUT2D eigenvalue weighted by atomic mass is 35.5. The molecule has 0 atom stereocenters. The standard InChI is InChI=1S/C10H4Cl2F3N3/c11-5-3-7-8(4-6(5)12)18(2-1-16)9(17-7)10(13,14)15/h3-4H,2H2. The zero-order valence-electron chi connectivity index (χ0n) is 8.59. The third-order valence-electron chi connectivity index (χ3n) is 2.27. The summed E-state index contributed by atoms with van der Waals surface area (Å²) in [6.07, 6.45) is -4.64. The van der Waals surface area contributed by atoms with Crippen LogP contribution in [0.1, 0.15) is 5.82 Å². The van der Waals surface area contributed by atoms with Crippen LogP contribution >= 0.6 is 23.2 Å². The molecule has 1 aromatic carbocycles. The molecule has 0 amide bonds. The molecule has 1 heterocycles. The number of fused-ring (bicyclic) bond motifs is 1. The van der Waals surface area contributed by atoms with Crippen molar-refractivity contribution in [3.05, 3.63) is 28.0 Å².